The second kappa shape index (κ2) is 9.97. The van der Waals surface area contributed by atoms with Crippen molar-refractivity contribution in [2.24, 2.45) is 4.99 Å². The van der Waals surface area contributed by atoms with Crippen LogP contribution in [-0.4, -0.2) is 37.4 Å². The average Bonchev–Trinajstić information content (AvgIpc) is 2.64. The predicted octanol–water partition coefficient (Wildman–Crippen LogP) is 3.41. The van der Waals surface area contributed by atoms with E-state index in [1.54, 1.807) is 7.05 Å². The number of nitrogens with zero attached hydrogens (tertiary/aromatic N) is 2. The number of halogens is 1. The summed E-state index contributed by atoms with van der Waals surface area (Å²) in [7, 11) is 3.77. The smallest absolute Gasteiger partial charge is 0.251 e. The molecular weight excluding hydrogens is 392 g/mol. The lowest BCUT2D eigenvalue weighted by Gasteiger charge is -2.23. The van der Waals surface area contributed by atoms with Gasteiger partial charge in [-0.3, -0.25) is 9.79 Å². The van der Waals surface area contributed by atoms with Gasteiger partial charge in [-0.25, -0.2) is 0 Å². The zero-order chi connectivity index (χ0) is 18.9. The third-order valence-corrected chi connectivity index (χ3v) is 4.69. The van der Waals surface area contributed by atoms with Gasteiger partial charge in [0.2, 0.25) is 0 Å². The molecule has 0 saturated heterocycles. The molecule has 0 atom stereocenters. The van der Waals surface area contributed by atoms with Gasteiger partial charge >= 0.3 is 0 Å². The fourth-order valence-electron chi connectivity index (χ4n) is 2.61. The third-order valence-electron chi connectivity index (χ3n) is 3.92. The molecule has 1 amide bonds. The highest BCUT2D eigenvalue weighted by atomic mass is 79.9. The van der Waals surface area contributed by atoms with E-state index in [0.29, 0.717) is 18.7 Å². The van der Waals surface area contributed by atoms with Gasteiger partial charge in [0.1, 0.15) is 0 Å². The second-order valence-corrected chi connectivity index (χ2v) is 6.76. The van der Waals surface area contributed by atoms with Gasteiger partial charge in [-0.2, -0.15) is 0 Å². The van der Waals surface area contributed by atoms with E-state index in [1.807, 2.05) is 56.4 Å². The minimum atomic E-state index is -0.0511. The van der Waals surface area contributed by atoms with Crippen LogP contribution in [0.2, 0.25) is 0 Å². The summed E-state index contributed by atoms with van der Waals surface area (Å²) in [6.07, 6.45) is 0. The fourth-order valence-corrected chi connectivity index (χ4v) is 3.02. The van der Waals surface area contributed by atoms with Gasteiger partial charge < -0.3 is 15.5 Å². The second-order valence-electron chi connectivity index (χ2n) is 5.91. The Morgan fingerprint density at radius 3 is 2.62 bits per heavy atom. The molecule has 0 fully saturated rings. The van der Waals surface area contributed by atoms with E-state index >= 15 is 0 Å². The molecule has 0 aliphatic carbocycles. The molecule has 26 heavy (non-hydrogen) atoms. The van der Waals surface area contributed by atoms with E-state index in [2.05, 4.69) is 42.5 Å². The molecule has 0 aromatic heterocycles. The van der Waals surface area contributed by atoms with Gasteiger partial charge in [0.05, 0.1) is 0 Å². The fraction of sp³-hybridized carbons (Fsp3) is 0.300. The number of guanidine groups is 1. The number of aliphatic imine (C=N–C) groups is 1. The molecule has 0 aliphatic heterocycles. The molecule has 5 nitrogen and oxygen atoms in total. The van der Waals surface area contributed by atoms with Crippen molar-refractivity contribution in [3.05, 3.63) is 69.7 Å². The first kappa shape index (κ1) is 20.0. The van der Waals surface area contributed by atoms with Crippen LogP contribution in [0, 0.1) is 0 Å². The van der Waals surface area contributed by atoms with Gasteiger partial charge in [-0.05, 0) is 36.2 Å². The number of benzene rings is 2. The van der Waals surface area contributed by atoms with Gasteiger partial charge in [0.15, 0.2) is 5.96 Å². The Morgan fingerprint density at radius 1 is 1.15 bits per heavy atom. The molecule has 0 heterocycles. The molecule has 0 saturated carbocycles. The predicted molar refractivity (Wildman–Crippen MR) is 110 cm³/mol. The van der Waals surface area contributed by atoms with E-state index in [-0.39, 0.29) is 5.91 Å². The lowest BCUT2D eigenvalue weighted by molar-refractivity contribution is 0.0955. The number of hydrogen-bond donors (Lipinski definition) is 2. The Morgan fingerprint density at radius 2 is 1.92 bits per heavy atom. The minimum absolute atomic E-state index is 0.0511. The largest absolute Gasteiger partial charge is 0.352 e. The van der Waals surface area contributed by atoms with Crippen LogP contribution in [0.4, 0.5) is 0 Å². The first-order valence-corrected chi connectivity index (χ1v) is 9.36. The van der Waals surface area contributed by atoms with Crippen LogP contribution in [0.1, 0.15) is 28.4 Å². The summed E-state index contributed by atoms with van der Waals surface area (Å²) in [5.74, 6) is 0.744. The maximum Gasteiger partial charge on any atom is 0.251 e. The highest BCUT2D eigenvalue weighted by Gasteiger charge is 2.09. The highest BCUT2D eigenvalue weighted by molar-refractivity contribution is 9.10. The van der Waals surface area contributed by atoms with Crippen LogP contribution < -0.4 is 10.6 Å². The van der Waals surface area contributed by atoms with Crippen molar-refractivity contribution in [2.75, 3.05) is 20.6 Å². The number of amides is 1. The summed E-state index contributed by atoms with van der Waals surface area (Å²) in [6.45, 7) is 3.86. The van der Waals surface area contributed by atoms with Crippen molar-refractivity contribution in [3.8, 4) is 0 Å². The molecule has 6 heteroatoms. The SMILES string of the molecule is CCNC(=O)c1cccc(CNC(=NC)N(C)Cc2ccccc2Br)c1. The van der Waals surface area contributed by atoms with Gasteiger partial charge in [0, 0.05) is 43.8 Å². The summed E-state index contributed by atoms with van der Waals surface area (Å²) < 4.78 is 1.08. The zero-order valence-corrected chi connectivity index (χ0v) is 17.0. The van der Waals surface area contributed by atoms with E-state index < -0.39 is 0 Å². The van der Waals surface area contributed by atoms with Crippen LogP contribution >= 0.6 is 15.9 Å². The number of carbonyl (C=O) groups excluding carboxylic acids is 1. The van der Waals surface area contributed by atoms with Crippen molar-refractivity contribution in [3.63, 3.8) is 0 Å². The summed E-state index contributed by atoms with van der Waals surface area (Å²) >= 11 is 3.58. The molecule has 0 unspecified atom stereocenters. The normalized spacial score (nSPS) is 11.2. The third kappa shape index (κ3) is 5.59. The first-order chi connectivity index (χ1) is 12.5. The topological polar surface area (TPSA) is 56.7 Å². The average molecular weight is 417 g/mol. The maximum atomic E-state index is 12.0. The number of carbonyl (C=O) groups is 1. The molecule has 2 aromatic rings. The molecular formula is C20H25BrN4O. The van der Waals surface area contributed by atoms with Crippen molar-refractivity contribution in [2.45, 2.75) is 20.0 Å². The Bertz CT molecular complexity index is 776. The van der Waals surface area contributed by atoms with Gasteiger partial charge in [0.25, 0.3) is 5.91 Å². The molecule has 0 spiro atoms. The molecule has 2 N–H and O–H groups in total. The van der Waals surface area contributed by atoms with Gasteiger partial charge in [-0.1, -0.05) is 46.3 Å². The zero-order valence-electron chi connectivity index (χ0n) is 15.4. The van der Waals surface area contributed by atoms with Crippen LogP contribution in [-0.2, 0) is 13.1 Å². The summed E-state index contributed by atoms with van der Waals surface area (Å²) in [5, 5.41) is 6.17. The van der Waals surface area contributed by atoms with E-state index in [4.69, 9.17) is 0 Å². The van der Waals surface area contributed by atoms with Crippen molar-refractivity contribution < 1.29 is 4.79 Å². The Hall–Kier alpha value is -2.34. The van der Waals surface area contributed by atoms with Gasteiger partial charge in [-0.15, -0.1) is 0 Å². The van der Waals surface area contributed by atoms with E-state index in [1.165, 1.54) is 5.56 Å². The summed E-state index contributed by atoms with van der Waals surface area (Å²) in [6, 6.07) is 15.8. The Kier molecular flexibility index (Phi) is 7.66. The number of hydrogen-bond acceptors (Lipinski definition) is 2. The lowest BCUT2D eigenvalue weighted by atomic mass is 10.1. The van der Waals surface area contributed by atoms with Crippen LogP contribution in [0.3, 0.4) is 0 Å². The van der Waals surface area contributed by atoms with Crippen molar-refractivity contribution in [1.29, 1.82) is 0 Å². The van der Waals surface area contributed by atoms with E-state index in [0.717, 1.165) is 22.5 Å². The molecule has 2 aromatic carbocycles. The molecule has 0 aliphatic rings. The van der Waals surface area contributed by atoms with E-state index in [9.17, 15) is 4.79 Å². The van der Waals surface area contributed by atoms with Crippen molar-refractivity contribution >= 4 is 27.8 Å². The summed E-state index contributed by atoms with van der Waals surface area (Å²) in [5.41, 5.74) is 2.89. The van der Waals surface area contributed by atoms with Crippen LogP contribution in [0.25, 0.3) is 0 Å². The molecule has 0 radical (unpaired) electrons. The first-order valence-electron chi connectivity index (χ1n) is 8.57. The standard InChI is InChI=1S/C20H25BrN4O/c1-4-23-19(26)16-10-7-8-15(12-16)13-24-20(22-2)25(3)14-17-9-5-6-11-18(17)21/h5-12H,4,13-14H2,1-3H3,(H,22,24)(H,23,26). The number of rotatable bonds is 6. The Balaban J connectivity index is 1.99. The molecule has 0 bridgehead atoms. The maximum absolute atomic E-state index is 12.0. The number of nitrogens with one attached hydrogen (secondary N) is 2. The van der Waals surface area contributed by atoms with Crippen LogP contribution in [0.5, 0.6) is 0 Å². The van der Waals surface area contributed by atoms with Crippen LogP contribution in [0.15, 0.2) is 58.0 Å². The summed E-state index contributed by atoms with van der Waals surface area (Å²) in [4.78, 5) is 18.4. The highest BCUT2D eigenvalue weighted by Crippen LogP contribution is 2.17. The quantitative estimate of drug-likeness (QED) is 0.560. The monoisotopic (exact) mass is 416 g/mol. The molecule has 2 rings (SSSR count). The minimum Gasteiger partial charge on any atom is -0.352 e. The Labute approximate surface area is 163 Å². The lowest BCUT2D eigenvalue weighted by Crippen LogP contribution is -2.38. The van der Waals surface area contributed by atoms with Crippen molar-refractivity contribution in [1.82, 2.24) is 15.5 Å². The molecule has 138 valence electrons.